The Balaban J connectivity index is 1.81. The van der Waals surface area contributed by atoms with Crippen LogP contribution in [0.15, 0.2) is 12.1 Å². The first kappa shape index (κ1) is 28.8. The van der Waals surface area contributed by atoms with Crippen LogP contribution < -0.4 is 4.74 Å². The number of hydrogen-bond acceptors (Lipinski definition) is 4. The number of halogens is 5. The van der Waals surface area contributed by atoms with Crippen molar-refractivity contribution in [1.82, 2.24) is 0 Å². The minimum Gasteiger partial charge on any atom is -0.490 e. The molecule has 0 unspecified atom stereocenters. The Bertz CT molecular complexity index is 986. The van der Waals surface area contributed by atoms with Gasteiger partial charge in [-0.25, -0.2) is 9.18 Å². The number of hydrogen-bond donors (Lipinski definition) is 1. The molecule has 1 aromatic carbocycles. The molecule has 204 valence electrons. The summed E-state index contributed by atoms with van der Waals surface area (Å²) in [6.45, 7) is 12.7. The lowest BCUT2D eigenvalue weighted by atomic mass is 9.77. The minimum atomic E-state index is -4.88. The highest BCUT2D eigenvalue weighted by molar-refractivity contribution is 6.74. The zero-order valence-electron chi connectivity index (χ0n) is 21.6. The molecule has 4 atom stereocenters. The number of carbonyl (C=O) groups is 1. The van der Waals surface area contributed by atoms with Crippen LogP contribution in [-0.4, -0.2) is 50.0 Å². The molecular weight excluding hydrogens is 503 g/mol. The fourth-order valence-corrected chi connectivity index (χ4v) is 6.05. The van der Waals surface area contributed by atoms with E-state index in [0.29, 0.717) is 12.8 Å². The zero-order valence-corrected chi connectivity index (χ0v) is 22.6. The smallest absolute Gasteiger partial charge is 0.417 e. The van der Waals surface area contributed by atoms with Crippen molar-refractivity contribution in [2.45, 2.75) is 95.5 Å². The Kier molecular flexibility index (Phi) is 7.64. The second-order valence-corrected chi connectivity index (χ2v) is 16.5. The van der Waals surface area contributed by atoms with Crippen molar-refractivity contribution in [3.8, 4) is 5.75 Å². The van der Waals surface area contributed by atoms with Crippen LogP contribution in [0.5, 0.6) is 5.75 Å². The van der Waals surface area contributed by atoms with Gasteiger partial charge in [-0.05, 0) is 49.9 Å². The van der Waals surface area contributed by atoms with Gasteiger partial charge in [0.05, 0.1) is 6.61 Å². The van der Waals surface area contributed by atoms with Gasteiger partial charge >= 0.3 is 12.1 Å². The van der Waals surface area contributed by atoms with Gasteiger partial charge in [-0.2, -0.15) is 17.6 Å². The van der Waals surface area contributed by atoms with E-state index in [9.17, 15) is 31.9 Å². The van der Waals surface area contributed by atoms with Gasteiger partial charge in [0.1, 0.15) is 0 Å². The summed E-state index contributed by atoms with van der Waals surface area (Å²) in [5, 5.41) is 9.65. The van der Waals surface area contributed by atoms with Crippen LogP contribution in [0.4, 0.5) is 22.0 Å². The van der Waals surface area contributed by atoms with Gasteiger partial charge in [0, 0.05) is 23.5 Å². The van der Waals surface area contributed by atoms with Crippen LogP contribution in [0.25, 0.3) is 0 Å². The third kappa shape index (κ3) is 5.15. The molecule has 1 aromatic rings. The summed E-state index contributed by atoms with van der Waals surface area (Å²) in [6, 6.07) is 1.85. The van der Waals surface area contributed by atoms with E-state index in [0.717, 1.165) is 19.1 Å². The number of rotatable bonds is 7. The normalized spacial score (nSPS) is 31.3. The van der Waals surface area contributed by atoms with Crippen LogP contribution in [0.1, 0.15) is 58.9 Å². The highest BCUT2D eigenvalue weighted by Crippen LogP contribution is 2.55. The van der Waals surface area contributed by atoms with Crippen LogP contribution in [0.2, 0.25) is 18.1 Å². The molecule has 1 aliphatic heterocycles. The third-order valence-electron chi connectivity index (χ3n) is 8.27. The first-order chi connectivity index (χ1) is 16.3. The zero-order chi connectivity index (χ0) is 27.4. The molecule has 0 bridgehead atoms. The van der Waals surface area contributed by atoms with E-state index >= 15 is 0 Å². The third-order valence-corrected chi connectivity index (χ3v) is 12.8. The SMILES string of the molecule is C[C@H]1[C@@H](c2ccc(F)c(F)c2OCC2CC(O[Si](C)(C)C(C)(C)C)C2)[C@H](C(=O)O)O[C@@]1(C)C(F)(F)F. The molecule has 5 nitrogen and oxygen atoms in total. The molecule has 1 saturated heterocycles. The number of carboxylic acids is 1. The molecule has 1 heterocycles. The van der Waals surface area contributed by atoms with Crippen molar-refractivity contribution in [3.63, 3.8) is 0 Å². The molecule has 2 aliphatic rings. The molecular formula is C25H35F5O5Si. The molecule has 0 spiro atoms. The molecule has 1 aliphatic carbocycles. The Morgan fingerprint density at radius 2 is 1.78 bits per heavy atom. The number of alkyl halides is 3. The number of carboxylic acid groups (broad SMARTS) is 1. The van der Waals surface area contributed by atoms with Gasteiger partial charge < -0.3 is 19.0 Å². The van der Waals surface area contributed by atoms with Gasteiger partial charge in [-0.3, -0.25) is 0 Å². The Morgan fingerprint density at radius 3 is 2.28 bits per heavy atom. The lowest BCUT2D eigenvalue weighted by Gasteiger charge is -2.44. The monoisotopic (exact) mass is 538 g/mol. The Labute approximate surface area is 209 Å². The predicted octanol–water partition coefficient (Wildman–Crippen LogP) is 6.67. The number of aliphatic carboxylic acids is 1. The first-order valence-electron chi connectivity index (χ1n) is 12.1. The molecule has 3 rings (SSSR count). The average Bonchev–Trinajstić information content (AvgIpc) is 2.98. The van der Waals surface area contributed by atoms with Gasteiger partial charge in [-0.1, -0.05) is 33.8 Å². The fraction of sp³-hybridized carbons (Fsp3) is 0.720. The lowest BCUT2D eigenvalue weighted by molar-refractivity contribution is -0.273. The standard InChI is InChI=1S/C25H35F5O5Si/c1-13-18(21(22(31)32)34-24(13,5)25(28,29)30)16-8-9-17(26)19(27)20(16)33-12-14-10-15(11-14)35-36(6,7)23(2,3)4/h8-9,13-15,18,21H,10-12H2,1-7H3,(H,31,32)/t13-,14?,15?,18-,21+,24+/m0/s1. The van der Waals surface area contributed by atoms with E-state index in [2.05, 4.69) is 33.9 Å². The van der Waals surface area contributed by atoms with E-state index in [1.165, 1.54) is 6.92 Å². The summed E-state index contributed by atoms with van der Waals surface area (Å²) in [5.74, 6) is -7.62. The molecule has 11 heteroatoms. The minimum absolute atomic E-state index is 0.000962. The predicted molar refractivity (Wildman–Crippen MR) is 126 cm³/mol. The average molecular weight is 539 g/mol. The van der Waals surface area contributed by atoms with Crippen molar-refractivity contribution < 1.29 is 45.8 Å². The second kappa shape index (κ2) is 9.54. The van der Waals surface area contributed by atoms with Crippen molar-refractivity contribution in [2.24, 2.45) is 11.8 Å². The largest absolute Gasteiger partial charge is 0.490 e. The quantitative estimate of drug-likeness (QED) is 0.310. The van der Waals surface area contributed by atoms with Gasteiger partial charge in [0.2, 0.25) is 5.82 Å². The van der Waals surface area contributed by atoms with Crippen LogP contribution in [0.3, 0.4) is 0 Å². The highest BCUT2D eigenvalue weighted by atomic mass is 28.4. The summed E-state index contributed by atoms with van der Waals surface area (Å²) < 4.78 is 87.4. The summed E-state index contributed by atoms with van der Waals surface area (Å²) in [5.41, 5.74) is -2.94. The maximum absolute atomic E-state index is 14.9. The lowest BCUT2D eigenvalue weighted by Crippen LogP contribution is -2.48. The van der Waals surface area contributed by atoms with Gasteiger partial charge in [0.25, 0.3) is 0 Å². The fourth-order valence-electron chi connectivity index (χ4n) is 4.67. The van der Waals surface area contributed by atoms with E-state index in [1.54, 1.807) is 0 Å². The van der Waals surface area contributed by atoms with E-state index in [4.69, 9.17) is 13.9 Å². The van der Waals surface area contributed by atoms with Gasteiger partial charge in [-0.15, -0.1) is 0 Å². The Morgan fingerprint density at radius 1 is 1.19 bits per heavy atom. The molecule has 2 fully saturated rings. The maximum Gasteiger partial charge on any atom is 0.417 e. The molecule has 36 heavy (non-hydrogen) atoms. The summed E-state index contributed by atoms with van der Waals surface area (Å²) in [4.78, 5) is 11.8. The summed E-state index contributed by atoms with van der Waals surface area (Å²) in [6.07, 6.45) is -5.44. The topological polar surface area (TPSA) is 65.0 Å². The molecule has 1 N–H and O–H groups in total. The van der Waals surface area contributed by atoms with E-state index < -0.39 is 61.4 Å². The second-order valence-electron chi connectivity index (χ2n) is 11.7. The maximum atomic E-state index is 14.9. The van der Waals surface area contributed by atoms with Gasteiger partial charge in [0.15, 0.2) is 31.6 Å². The van der Waals surface area contributed by atoms with Crippen molar-refractivity contribution in [3.05, 3.63) is 29.3 Å². The summed E-state index contributed by atoms with van der Waals surface area (Å²) >= 11 is 0. The van der Waals surface area contributed by atoms with Crippen molar-refractivity contribution in [1.29, 1.82) is 0 Å². The van der Waals surface area contributed by atoms with Crippen LogP contribution in [-0.2, 0) is 14.0 Å². The van der Waals surface area contributed by atoms with Crippen molar-refractivity contribution in [2.75, 3.05) is 6.61 Å². The molecule has 0 radical (unpaired) electrons. The number of ether oxygens (including phenoxy) is 2. The number of benzene rings is 1. The highest BCUT2D eigenvalue weighted by Gasteiger charge is 2.66. The first-order valence-corrected chi connectivity index (χ1v) is 15.0. The molecule has 0 aromatic heterocycles. The summed E-state index contributed by atoms with van der Waals surface area (Å²) in [7, 11) is -1.96. The van der Waals surface area contributed by atoms with Crippen LogP contribution in [0, 0.1) is 23.5 Å². The van der Waals surface area contributed by atoms with Crippen molar-refractivity contribution >= 4 is 14.3 Å². The van der Waals surface area contributed by atoms with E-state index in [-0.39, 0.29) is 29.2 Å². The molecule has 1 saturated carbocycles. The molecule has 0 amide bonds. The van der Waals surface area contributed by atoms with Crippen LogP contribution >= 0.6 is 0 Å². The Hall–Kier alpha value is -1.72. The van der Waals surface area contributed by atoms with E-state index in [1.807, 2.05) is 0 Å².